The number of carbonyl (C=O) groups excluding carboxylic acids is 1. The molecule has 3 aromatic rings. The van der Waals surface area contributed by atoms with Crippen molar-refractivity contribution in [1.82, 2.24) is 24.7 Å². The minimum absolute atomic E-state index is 0.0260. The quantitative estimate of drug-likeness (QED) is 0.581. The lowest BCUT2D eigenvalue weighted by Crippen LogP contribution is -2.49. The summed E-state index contributed by atoms with van der Waals surface area (Å²) in [5.41, 5.74) is 3.43. The van der Waals surface area contributed by atoms with Crippen LogP contribution in [0.25, 0.3) is 0 Å². The number of fused-ring (bicyclic) bond motifs is 1. The SMILES string of the molecule is COc1ccc(Cn2cc(CNc3nc(C)c4c(n3)N(C)[C@@H](C(C)C)C(=O)N4)cn2)cn1. The molecule has 0 bridgehead atoms. The van der Waals surface area contributed by atoms with Crippen molar-refractivity contribution in [2.24, 2.45) is 5.92 Å². The summed E-state index contributed by atoms with van der Waals surface area (Å²) in [4.78, 5) is 27.8. The van der Waals surface area contributed by atoms with Crippen molar-refractivity contribution in [2.45, 2.75) is 39.9 Å². The molecule has 2 N–H and O–H groups in total. The van der Waals surface area contributed by atoms with Crippen molar-refractivity contribution in [3.8, 4) is 5.88 Å². The highest BCUT2D eigenvalue weighted by Crippen LogP contribution is 2.34. The summed E-state index contributed by atoms with van der Waals surface area (Å²) in [6, 6.07) is 3.53. The van der Waals surface area contributed by atoms with Crippen molar-refractivity contribution in [1.29, 1.82) is 0 Å². The minimum atomic E-state index is -0.268. The molecule has 0 radical (unpaired) electrons. The van der Waals surface area contributed by atoms with Gasteiger partial charge in [0.1, 0.15) is 11.7 Å². The second-order valence-electron chi connectivity index (χ2n) is 8.23. The molecule has 3 aromatic heterocycles. The maximum Gasteiger partial charge on any atom is 0.247 e. The van der Waals surface area contributed by atoms with E-state index in [-0.39, 0.29) is 17.9 Å². The Morgan fingerprint density at radius 1 is 1.22 bits per heavy atom. The highest BCUT2D eigenvalue weighted by atomic mass is 16.5. The Morgan fingerprint density at radius 3 is 2.72 bits per heavy atom. The molecule has 0 fully saturated rings. The molecule has 0 unspecified atom stereocenters. The third-order valence-electron chi connectivity index (χ3n) is 5.46. The molecule has 4 rings (SSSR count). The van der Waals surface area contributed by atoms with Crippen LogP contribution >= 0.6 is 0 Å². The van der Waals surface area contributed by atoms with E-state index < -0.39 is 0 Å². The normalized spacial score (nSPS) is 15.5. The van der Waals surface area contributed by atoms with Crippen LogP contribution in [0.4, 0.5) is 17.5 Å². The van der Waals surface area contributed by atoms with E-state index in [4.69, 9.17) is 4.74 Å². The maximum absolute atomic E-state index is 12.5. The third-order valence-corrected chi connectivity index (χ3v) is 5.46. The largest absolute Gasteiger partial charge is 0.481 e. The topological polar surface area (TPSA) is 110 Å². The van der Waals surface area contributed by atoms with E-state index in [2.05, 4.69) is 30.7 Å². The zero-order valence-electron chi connectivity index (χ0n) is 19.0. The number of nitrogens with one attached hydrogen (secondary N) is 2. The summed E-state index contributed by atoms with van der Waals surface area (Å²) in [5.74, 6) is 1.96. The van der Waals surface area contributed by atoms with Crippen LogP contribution in [0.1, 0.15) is 30.7 Å². The number of rotatable bonds is 7. The van der Waals surface area contributed by atoms with Gasteiger partial charge < -0.3 is 20.3 Å². The standard InChI is InChI=1S/C22H28N8O2/c1-13(2)19-21(31)27-18-14(3)26-22(28-20(18)29(19)4)24-9-16-10-25-30(12-16)11-15-6-7-17(32-5)23-8-15/h6-8,10,12-13,19H,9,11H2,1-5H3,(H,27,31)(H,24,26,28)/t19-/m0/s1. The van der Waals surface area contributed by atoms with E-state index >= 15 is 0 Å². The molecule has 1 aliphatic heterocycles. The van der Waals surface area contributed by atoms with E-state index in [9.17, 15) is 4.79 Å². The Balaban J connectivity index is 1.44. The first kappa shape index (κ1) is 21.5. The third kappa shape index (κ3) is 4.34. The summed E-state index contributed by atoms with van der Waals surface area (Å²) in [6.45, 7) is 7.07. The first-order valence-corrected chi connectivity index (χ1v) is 10.5. The number of aromatic nitrogens is 5. The first-order valence-electron chi connectivity index (χ1n) is 10.5. The van der Waals surface area contributed by atoms with Crippen LogP contribution in [-0.2, 0) is 17.9 Å². The molecule has 168 valence electrons. The van der Waals surface area contributed by atoms with Gasteiger partial charge in [0.15, 0.2) is 5.82 Å². The first-order chi connectivity index (χ1) is 15.4. The average Bonchev–Trinajstić information content (AvgIpc) is 3.21. The van der Waals surface area contributed by atoms with Gasteiger partial charge in [0, 0.05) is 37.6 Å². The molecule has 1 atom stereocenters. The Kier molecular flexibility index (Phi) is 5.93. The predicted octanol–water partition coefficient (Wildman–Crippen LogP) is 2.46. The molecule has 10 nitrogen and oxygen atoms in total. The van der Waals surface area contributed by atoms with E-state index in [0.717, 1.165) is 22.6 Å². The summed E-state index contributed by atoms with van der Waals surface area (Å²) >= 11 is 0. The van der Waals surface area contributed by atoms with Gasteiger partial charge in [-0.15, -0.1) is 0 Å². The fourth-order valence-corrected chi connectivity index (χ4v) is 3.87. The van der Waals surface area contributed by atoms with Crippen LogP contribution < -0.4 is 20.3 Å². The second kappa shape index (κ2) is 8.81. The van der Waals surface area contributed by atoms with E-state index in [1.807, 2.05) is 61.9 Å². The number of methoxy groups -OCH3 is 1. The van der Waals surface area contributed by atoms with Gasteiger partial charge in [0.2, 0.25) is 17.7 Å². The molecular formula is C22H28N8O2. The summed E-state index contributed by atoms with van der Waals surface area (Å²) in [6.07, 6.45) is 5.57. The van der Waals surface area contributed by atoms with E-state index in [1.165, 1.54) is 0 Å². The van der Waals surface area contributed by atoms with Gasteiger partial charge in [-0.05, 0) is 18.4 Å². The Labute approximate surface area is 187 Å². The molecule has 1 aliphatic rings. The van der Waals surface area contributed by atoms with E-state index in [1.54, 1.807) is 13.3 Å². The number of aryl methyl sites for hydroxylation is 1. The number of hydrogen-bond acceptors (Lipinski definition) is 8. The predicted molar refractivity (Wildman–Crippen MR) is 122 cm³/mol. The molecule has 0 aliphatic carbocycles. The average molecular weight is 437 g/mol. The van der Waals surface area contributed by atoms with Crippen molar-refractivity contribution >= 4 is 23.4 Å². The van der Waals surface area contributed by atoms with Crippen LogP contribution in [0.5, 0.6) is 5.88 Å². The van der Waals surface area contributed by atoms with Crippen LogP contribution in [0.2, 0.25) is 0 Å². The Morgan fingerprint density at radius 2 is 2.03 bits per heavy atom. The lowest BCUT2D eigenvalue weighted by Gasteiger charge is -2.36. The second-order valence-corrected chi connectivity index (χ2v) is 8.23. The number of carbonyl (C=O) groups is 1. The van der Waals surface area contributed by atoms with Gasteiger partial charge >= 0.3 is 0 Å². The van der Waals surface area contributed by atoms with Gasteiger partial charge in [-0.1, -0.05) is 19.9 Å². The highest BCUT2D eigenvalue weighted by Gasteiger charge is 2.35. The fourth-order valence-electron chi connectivity index (χ4n) is 3.87. The van der Waals surface area contributed by atoms with Gasteiger partial charge in [-0.25, -0.2) is 9.97 Å². The summed E-state index contributed by atoms with van der Waals surface area (Å²) in [7, 11) is 3.50. The molecule has 0 spiro atoms. The molecular weight excluding hydrogens is 408 g/mol. The molecule has 4 heterocycles. The van der Waals surface area contributed by atoms with Crippen molar-refractivity contribution in [2.75, 3.05) is 29.7 Å². The van der Waals surface area contributed by atoms with Crippen molar-refractivity contribution in [3.05, 3.63) is 47.5 Å². The smallest absolute Gasteiger partial charge is 0.247 e. The monoisotopic (exact) mass is 436 g/mol. The number of nitrogens with zero attached hydrogens (tertiary/aromatic N) is 6. The Hall–Kier alpha value is -3.69. The molecule has 32 heavy (non-hydrogen) atoms. The molecule has 0 saturated heterocycles. The van der Waals surface area contributed by atoms with Gasteiger partial charge in [-0.3, -0.25) is 9.48 Å². The number of ether oxygens (including phenoxy) is 1. The van der Waals surface area contributed by atoms with Crippen LogP contribution in [0.15, 0.2) is 30.7 Å². The minimum Gasteiger partial charge on any atom is -0.481 e. The lowest BCUT2D eigenvalue weighted by atomic mass is 9.99. The lowest BCUT2D eigenvalue weighted by molar-refractivity contribution is -0.118. The Bertz CT molecular complexity index is 1110. The zero-order chi connectivity index (χ0) is 22.8. The number of likely N-dealkylation sites (N-methyl/N-ethyl adjacent to an activating group) is 1. The van der Waals surface area contributed by atoms with Crippen molar-refractivity contribution in [3.63, 3.8) is 0 Å². The maximum atomic E-state index is 12.5. The number of hydrogen-bond donors (Lipinski definition) is 2. The molecule has 0 saturated carbocycles. The van der Waals surface area contributed by atoms with Crippen LogP contribution in [0, 0.1) is 12.8 Å². The van der Waals surface area contributed by atoms with E-state index in [0.29, 0.717) is 30.6 Å². The summed E-state index contributed by atoms with van der Waals surface area (Å²) in [5, 5.41) is 10.7. The molecule has 10 heteroatoms. The van der Waals surface area contributed by atoms with Gasteiger partial charge in [-0.2, -0.15) is 10.1 Å². The number of amides is 1. The van der Waals surface area contributed by atoms with Crippen LogP contribution in [-0.4, -0.2) is 50.8 Å². The fraction of sp³-hybridized carbons (Fsp3) is 0.409. The highest BCUT2D eigenvalue weighted by molar-refractivity contribution is 6.03. The number of anilines is 3. The summed E-state index contributed by atoms with van der Waals surface area (Å²) < 4.78 is 6.95. The van der Waals surface area contributed by atoms with Gasteiger partial charge in [0.25, 0.3) is 0 Å². The molecule has 1 amide bonds. The van der Waals surface area contributed by atoms with Crippen LogP contribution in [0.3, 0.4) is 0 Å². The molecule has 0 aromatic carbocycles. The van der Waals surface area contributed by atoms with Gasteiger partial charge in [0.05, 0.1) is 25.5 Å². The van der Waals surface area contributed by atoms with Crippen molar-refractivity contribution < 1.29 is 9.53 Å². The number of pyridine rings is 1. The zero-order valence-corrected chi connectivity index (χ0v) is 19.0.